The van der Waals surface area contributed by atoms with Crippen LogP contribution in [0.5, 0.6) is 5.88 Å². The van der Waals surface area contributed by atoms with Crippen molar-refractivity contribution < 1.29 is 14.3 Å². The smallest absolute Gasteiger partial charge is 0.257 e. The average Bonchev–Trinajstić information content (AvgIpc) is 3.03. The standard InChI is InChI=1S/C17H22N4O3/c1-2-23-16-7-6-13(9-18-16)17(22)20-14-10-19-21(11-14)12-15-5-3-4-8-24-15/h6-7,9-11,15H,2-5,8,12H2,1H3,(H,20,22). The Balaban J connectivity index is 1.56. The zero-order valence-corrected chi connectivity index (χ0v) is 13.8. The summed E-state index contributed by atoms with van der Waals surface area (Å²) in [6, 6.07) is 3.37. The minimum Gasteiger partial charge on any atom is -0.478 e. The van der Waals surface area contributed by atoms with Gasteiger partial charge < -0.3 is 14.8 Å². The van der Waals surface area contributed by atoms with Crippen molar-refractivity contribution >= 4 is 11.6 Å². The Hall–Kier alpha value is -2.41. The maximum atomic E-state index is 12.2. The number of rotatable bonds is 6. The summed E-state index contributed by atoms with van der Waals surface area (Å²) in [5, 5.41) is 7.11. The summed E-state index contributed by atoms with van der Waals surface area (Å²) in [5.41, 5.74) is 1.13. The predicted molar refractivity (Wildman–Crippen MR) is 89.2 cm³/mol. The third-order valence-corrected chi connectivity index (χ3v) is 3.85. The van der Waals surface area contributed by atoms with Crippen LogP contribution < -0.4 is 10.1 Å². The van der Waals surface area contributed by atoms with Gasteiger partial charge in [0.05, 0.1) is 36.7 Å². The number of anilines is 1. The molecule has 1 saturated heterocycles. The molecule has 1 fully saturated rings. The van der Waals surface area contributed by atoms with Gasteiger partial charge in [0.15, 0.2) is 0 Å². The molecule has 3 heterocycles. The quantitative estimate of drug-likeness (QED) is 0.880. The molecule has 2 aromatic rings. The van der Waals surface area contributed by atoms with E-state index in [1.807, 2.05) is 17.8 Å². The summed E-state index contributed by atoms with van der Waals surface area (Å²) in [6.07, 6.45) is 8.55. The number of ether oxygens (including phenoxy) is 2. The van der Waals surface area contributed by atoms with E-state index in [4.69, 9.17) is 9.47 Å². The van der Waals surface area contributed by atoms with Gasteiger partial charge >= 0.3 is 0 Å². The van der Waals surface area contributed by atoms with Gasteiger partial charge in [-0.25, -0.2) is 4.98 Å². The molecule has 3 rings (SSSR count). The summed E-state index contributed by atoms with van der Waals surface area (Å²) >= 11 is 0. The lowest BCUT2D eigenvalue weighted by Gasteiger charge is -2.22. The number of nitrogens with zero attached hydrogens (tertiary/aromatic N) is 3. The van der Waals surface area contributed by atoms with Gasteiger partial charge in [0.2, 0.25) is 5.88 Å². The van der Waals surface area contributed by atoms with E-state index in [9.17, 15) is 4.79 Å². The number of carbonyl (C=O) groups is 1. The topological polar surface area (TPSA) is 78.3 Å². The second-order valence-corrected chi connectivity index (χ2v) is 5.71. The zero-order chi connectivity index (χ0) is 16.8. The molecule has 1 N–H and O–H groups in total. The number of aromatic nitrogens is 3. The Labute approximate surface area is 141 Å². The van der Waals surface area contributed by atoms with Crippen molar-refractivity contribution in [2.45, 2.75) is 38.8 Å². The second kappa shape index (κ2) is 7.92. The van der Waals surface area contributed by atoms with Gasteiger partial charge in [-0.15, -0.1) is 0 Å². The Kier molecular flexibility index (Phi) is 5.43. The van der Waals surface area contributed by atoms with E-state index in [-0.39, 0.29) is 12.0 Å². The molecule has 0 spiro atoms. The highest BCUT2D eigenvalue weighted by molar-refractivity contribution is 6.03. The summed E-state index contributed by atoms with van der Waals surface area (Å²) in [5.74, 6) is 0.286. The number of carbonyl (C=O) groups excluding carboxylic acids is 1. The molecule has 128 valence electrons. The van der Waals surface area contributed by atoms with E-state index in [2.05, 4.69) is 15.4 Å². The normalized spacial score (nSPS) is 17.5. The molecule has 2 aromatic heterocycles. The van der Waals surface area contributed by atoms with E-state index in [0.717, 1.165) is 19.4 Å². The fourth-order valence-corrected chi connectivity index (χ4v) is 2.64. The first-order chi connectivity index (χ1) is 11.7. The highest BCUT2D eigenvalue weighted by atomic mass is 16.5. The highest BCUT2D eigenvalue weighted by Crippen LogP contribution is 2.16. The molecule has 0 aliphatic carbocycles. The molecular weight excluding hydrogens is 308 g/mol. The van der Waals surface area contributed by atoms with Crippen molar-refractivity contribution in [2.24, 2.45) is 0 Å². The Morgan fingerprint density at radius 1 is 1.42 bits per heavy atom. The first kappa shape index (κ1) is 16.4. The average molecular weight is 330 g/mol. The molecule has 1 unspecified atom stereocenters. The molecule has 1 aliphatic rings. The first-order valence-corrected chi connectivity index (χ1v) is 8.29. The molecule has 0 aromatic carbocycles. The predicted octanol–water partition coefficient (Wildman–Crippen LogP) is 2.50. The van der Waals surface area contributed by atoms with Gasteiger partial charge in [-0.2, -0.15) is 5.10 Å². The van der Waals surface area contributed by atoms with Crippen molar-refractivity contribution in [3.63, 3.8) is 0 Å². The summed E-state index contributed by atoms with van der Waals surface area (Å²) in [7, 11) is 0. The van der Waals surface area contributed by atoms with E-state index < -0.39 is 0 Å². The Morgan fingerprint density at radius 2 is 2.33 bits per heavy atom. The van der Waals surface area contributed by atoms with Crippen LogP contribution in [0.15, 0.2) is 30.7 Å². The summed E-state index contributed by atoms with van der Waals surface area (Å²) in [6.45, 7) is 3.96. The zero-order valence-electron chi connectivity index (χ0n) is 13.8. The van der Waals surface area contributed by atoms with Gasteiger partial charge in [-0.3, -0.25) is 9.48 Å². The van der Waals surface area contributed by atoms with Gasteiger partial charge in [0, 0.05) is 25.1 Å². The molecule has 7 heteroatoms. The lowest BCUT2D eigenvalue weighted by atomic mass is 10.1. The molecule has 1 amide bonds. The van der Waals surface area contributed by atoms with E-state index in [1.54, 1.807) is 18.3 Å². The van der Waals surface area contributed by atoms with Gasteiger partial charge in [0.25, 0.3) is 5.91 Å². The first-order valence-electron chi connectivity index (χ1n) is 8.29. The van der Waals surface area contributed by atoms with E-state index >= 15 is 0 Å². The second-order valence-electron chi connectivity index (χ2n) is 5.71. The number of nitrogens with one attached hydrogen (secondary N) is 1. The van der Waals surface area contributed by atoms with Crippen LogP contribution in [0, 0.1) is 0 Å². The monoisotopic (exact) mass is 330 g/mol. The lowest BCUT2D eigenvalue weighted by Crippen LogP contribution is -2.24. The molecule has 0 saturated carbocycles. The molecule has 1 aliphatic heterocycles. The van der Waals surface area contributed by atoms with Crippen LogP contribution in [-0.2, 0) is 11.3 Å². The molecule has 0 radical (unpaired) electrons. The van der Waals surface area contributed by atoms with Crippen molar-refractivity contribution in [3.05, 3.63) is 36.3 Å². The maximum Gasteiger partial charge on any atom is 0.257 e. The summed E-state index contributed by atoms with van der Waals surface area (Å²) in [4.78, 5) is 16.3. The number of hydrogen-bond donors (Lipinski definition) is 1. The number of pyridine rings is 1. The van der Waals surface area contributed by atoms with Crippen LogP contribution in [0.25, 0.3) is 0 Å². The van der Waals surface area contributed by atoms with Gasteiger partial charge in [0.1, 0.15) is 0 Å². The van der Waals surface area contributed by atoms with E-state index in [1.165, 1.54) is 12.6 Å². The Morgan fingerprint density at radius 3 is 3.04 bits per heavy atom. The lowest BCUT2D eigenvalue weighted by molar-refractivity contribution is 0.00401. The van der Waals surface area contributed by atoms with Crippen molar-refractivity contribution in [1.29, 1.82) is 0 Å². The van der Waals surface area contributed by atoms with Crippen LogP contribution in [0.1, 0.15) is 36.5 Å². The van der Waals surface area contributed by atoms with E-state index in [0.29, 0.717) is 30.3 Å². The molecule has 24 heavy (non-hydrogen) atoms. The summed E-state index contributed by atoms with van der Waals surface area (Å²) < 4.78 is 12.8. The van der Waals surface area contributed by atoms with Crippen LogP contribution in [0.2, 0.25) is 0 Å². The minimum atomic E-state index is -0.223. The number of hydrogen-bond acceptors (Lipinski definition) is 5. The molecule has 1 atom stereocenters. The van der Waals surface area contributed by atoms with Crippen molar-refractivity contribution in [2.75, 3.05) is 18.5 Å². The largest absolute Gasteiger partial charge is 0.478 e. The SMILES string of the molecule is CCOc1ccc(C(=O)Nc2cnn(CC3CCCCO3)c2)cn1. The number of amides is 1. The minimum absolute atomic E-state index is 0.206. The van der Waals surface area contributed by atoms with Gasteiger partial charge in [-0.1, -0.05) is 0 Å². The third-order valence-electron chi connectivity index (χ3n) is 3.85. The molecular formula is C17H22N4O3. The van der Waals surface area contributed by atoms with Crippen LogP contribution in [0.4, 0.5) is 5.69 Å². The third kappa shape index (κ3) is 4.32. The van der Waals surface area contributed by atoms with Crippen LogP contribution >= 0.6 is 0 Å². The molecule has 0 bridgehead atoms. The van der Waals surface area contributed by atoms with Crippen molar-refractivity contribution in [1.82, 2.24) is 14.8 Å². The fourth-order valence-electron chi connectivity index (χ4n) is 2.64. The maximum absolute atomic E-state index is 12.2. The van der Waals surface area contributed by atoms with Crippen LogP contribution in [-0.4, -0.2) is 40.0 Å². The van der Waals surface area contributed by atoms with Crippen LogP contribution in [0.3, 0.4) is 0 Å². The van der Waals surface area contributed by atoms with Gasteiger partial charge in [-0.05, 0) is 32.3 Å². The Bertz CT molecular complexity index is 663. The molecule has 7 nitrogen and oxygen atoms in total. The van der Waals surface area contributed by atoms with Crippen molar-refractivity contribution in [3.8, 4) is 5.88 Å². The fraction of sp³-hybridized carbons (Fsp3) is 0.471. The highest BCUT2D eigenvalue weighted by Gasteiger charge is 2.15.